The minimum atomic E-state index is -0.677. The average molecular weight is 351 g/mol. The van der Waals surface area contributed by atoms with Crippen molar-refractivity contribution in [3.63, 3.8) is 0 Å². The molecule has 0 spiro atoms. The first-order chi connectivity index (χ1) is 12.6. The van der Waals surface area contributed by atoms with Crippen molar-refractivity contribution >= 4 is 5.91 Å². The Morgan fingerprint density at radius 1 is 0.962 bits per heavy atom. The maximum atomic E-state index is 14.0. The van der Waals surface area contributed by atoms with Crippen LogP contribution in [0.15, 0.2) is 72.8 Å². The highest BCUT2D eigenvalue weighted by atomic mass is 19.1. The first kappa shape index (κ1) is 17.6. The number of benzene rings is 3. The lowest BCUT2D eigenvalue weighted by atomic mass is 9.89. The second kappa shape index (κ2) is 7.80. The number of rotatable bonds is 5. The Kier molecular flexibility index (Phi) is 5.29. The number of carbonyl (C=O) groups is 1. The van der Waals surface area contributed by atoms with E-state index in [1.54, 1.807) is 29.7 Å². The molecule has 0 bridgehead atoms. The quantitative estimate of drug-likeness (QED) is 0.537. The number of hydrogen-bond donors (Lipinski definition) is 2. The van der Waals surface area contributed by atoms with Crippen molar-refractivity contribution in [2.45, 2.75) is 5.92 Å². The Hall–Kier alpha value is -3.18. The molecule has 26 heavy (non-hydrogen) atoms. The Bertz CT molecular complexity index is 912. The number of methoxy groups -OCH3 is 1. The topological polar surface area (TPSA) is 58.6 Å². The molecule has 0 saturated heterocycles. The fourth-order valence-corrected chi connectivity index (χ4v) is 2.95. The van der Waals surface area contributed by atoms with E-state index in [1.807, 2.05) is 42.5 Å². The van der Waals surface area contributed by atoms with Gasteiger partial charge in [-0.1, -0.05) is 60.7 Å². The van der Waals surface area contributed by atoms with Gasteiger partial charge in [0.05, 0.1) is 13.0 Å². The molecule has 0 radical (unpaired) electrons. The molecule has 0 fully saturated rings. The van der Waals surface area contributed by atoms with E-state index < -0.39 is 17.6 Å². The molecule has 5 heteroatoms. The van der Waals surface area contributed by atoms with Gasteiger partial charge in [-0.25, -0.2) is 9.87 Å². The van der Waals surface area contributed by atoms with E-state index in [1.165, 1.54) is 13.2 Å². The van der Waals surface area contributed by atoms with Gasteiger partial charge in [0.2, 0.25) is 0 Å². The number of hydrogen-bond acceptors (Lipinski definition) is 3. The van der Waals surface area contributed by atoms with Crippen molar-refractivity contribution in [1.29, 1.82) is 0 Å². The van der Waals surface area contributed by atoms with Crippen LogP contribution < -0.4 is 10.2 Å². The highest BCUT2D eigenvalue weighted by Crippen LogP contribution is 2.30. The van der Waals surface area contributed by atoms with Gasteiger partial charge in [-0.2, -0.15) is 0 Å². The third kappa shape index (κ3) is 3.58. The Balaban J connectivity index is 2.04. The smallest absolute Gasteiger partial charge is 0.255 e. The summed E-state index contributed by atoms with van der Waals surface area (Å²) in [4.78, 5) is 12.3. The van der Waals surface area contributed by atoms with Crippen LogP contribution in [0.5, 0.6) is 5.75 Å². The second-order valence-corrected chi connectivity index (χ2v) is 5.79. The van der Waals surface area contributed by atoms with E-state index in [2.05, 4.69) is 0 Å². The largest absolute Gasteiger partial charge is 0.494 e. The van der Waals surface area contributed by atoms with Gasteiger partial charge in [0, 0.05) is 0 Å². The summed E-state index contributed by atoms with van der Waals surface area (Å²) in [6.45, 7) is 0. The molecule has 1 unspecified atom stereocenters. The van der Waals surface area contributed by atoms with E-state index in [0.717, 1.165) is 11.1 Å². The number of halogens is 1. The molecule has 0 aliphatic rings. The zero-order valence-electron chi connectivity index (χ0n) is 14.1. The number of nitrogens with one attached hydrogen (secondary N) is 1. The van der Waals surface area contributed by atoms with Crippen LogP contribution in [-0.4, -0.2) is 18.2 Å². The minimum absolute atomic E-state index is 0.173. The highest BCUT2D eigenvalue weighted by molar-refractivity contribution is 5.86. The number of hydroxylamine groups is 1. The summed E-state index contributed by atoms with van der Waals surface area (Å²) < 4.78 is 19.0. The lowest BCUT2D eigenvalue weighted by Gasteiger charge is -2.17. The van der Waals surface area contributed by atoms with Crippen LogP contribution in [-0.2, 0) is 4.79 Å². The molecule has 0 aliphatic heterocycles. The second-order valence-electron chi connectivity index (χ2n) is 5.79. The van der Waals surface area contributed by atoms with E-state index in [0.29, 0.717) is 11.1 Å². The SMILES string of the molecule is COc1ccc(-c2cccc(C(C(=O)NO)c3ccccc3)c2)cc1F. The van der Waals surface area contributed by atoms with Crippen LogP contribution in [0.2, 0.25) is 0 Å². The van der Waals surface area contributed by atoms with Crippen LogP contribution in [0.3, 0.4) is 0 Å². The van der Waals surface area contributed by atoms with Crippen LogP contribution >= 0.6 is 0 Å². The summed E-state index contributed by atoms with van der Waals surface area (Å²) in [5.74, 6) is -1.49. The van der Waals surface area contributed by atoms with Gasteiger partial charge in [-0.3, -0.25) is 10.0 Å². The van der Waals surface area contributed by atoms with Gasteiger partial charge in [-0.05, 0) is 34.4 Å². The molecule has 132 valence electrons. The van der Waals surface area contributed by atoms with Crippen LogP contribution in [0, 0.1) is 5.82 Å². The fourth-order valence-electron chi connectivity index (χ4n) is 2.95. The van der Waals surface area contributed by atoms with Crippen LogP contribution in [0.4, 0.5) is 4.39 Å². The lowest BCUT2D eigenvalue weighted by Crippen LogP contribution is -2.27. The van der Waals surface area contributed by atoms with Crippen molar-refractivity contribution in [3.05, 3.63) is 89.7 Å². The zero-order chi connectivity index (χ0) is 18.5. The third-order valence-corrected chi connectivity index (χ3v) is 4.21. The Morgan fingerprint density at radius 3 is 2.31 bits per heavy atom. The number of amides is 1. The first-order valence-corrected chi connectivity index (χ1v) is 8.07. The molecular formula is C21H18FNO3. The summed E-state index contributed by atoms with van der Waals surface area (Å²) in [6, 6.07) is 21.1. The molecule has 3 rings (SSSR count). The Morgan fingerprint density at radius 2 is 1.65 bits per heavy atom. The summed E-state index contributed by atoms with van der Waals surface area (Å²) >= 11 is 0. The maximum absolute atomic E-state index is 14.0. The average Bonchev–Trinajstić information content (AvgIpc) is 2.69. The summed E-state index contributed by atoms with van der Waals surface area (Å²) in [5.41, 5.74) is 4.60. The number of carbonyl (C=O) groups excluding carboxylic acids is 1. The van der Waals surface area contributed by atoms with Crippen molar-refractivity contribution < 1.29 is 19.1 Å². The molecule has 1 atom stereocenters. The molecule has 4 nitrogen and oxygen atoms in total. The van der Waals surface area contributed by atoms with Gasteiger partial charge >= 0.3 is 0 Å². The summed E-state index contributed by atoms with van der Waals surface area (Å²) in [7, 11) is 1.41. The van der Waals surface area contributed by atoms with Crippen molar-refractivity contribution in [3.8, 4) is 16.9 Å². The molecule has 3 aromatic rings. The van der Waals surface area contributed by atoms with Crippen LogP contribution in [0.25, 0.3) is 11.1 Å². The molecule has 0 aliphatic carbocycles. The van der Waals surface area contributed by atoms with Gasteiger partial charge in [0.1, 0.15) is 0 Å². The standard InChI is InChI=1S/C21H18FNO3/c1-26-19-11-10-16(13-18(19)22)15-8-5-9-17(12-15)20(21(24)23-25)14-6-3-2-4-7-14/h2-13,20,25H,1H3,(H,23,24). The molecular weight excluding hydrogens is 333 g/mol. The molecule has 3 aromatic carbocycles. The van der Waals surface area contributed by atoms with E-state index in [-0.39, 0.29) is 5.75 Å². The van der Waals surface area contributed by atoms with Gasteiger partial charge in [-0.15, -0.1) is 0 Å². The monoisotopic (exact) mass is 351 g/mol. The van der Waals surface area contributed by atoms with Crippen molar-refractivity contribution in [2.24, 2.45) is 0 Å². The highest BCUT2D eigenvalue weighted by Gasteiger charge is 2.22. The predicted octanol–water partition coefficient (Wildman–Crippen LogP) is 4.14. The Labute approximate surface area is 150 Å². The van der Waals surface area contributed by atoms with Crippen LogP contribution in [0.1, 0.15) is 17.0 Å². The molecule has 1 amide bonds. The third-order valence-electron chi connectivity index (χ3n) is 4.21. The number of ether oxygens (including phenoxy) is 1. The molecule has 2 N–H and O–H groups in total. The summed E-state index contributed by atoms with van der Waals surface area (Å²) in [6.07, 6.45) is 0. The molecule has 0 saturated carbocycles. The van der Waals surface area contributed by atoms with E-state index in [4.69, 9.17) is 9.94 Å². The van der Waals surface area contributed by atoms with Gasteiger partial charge in [0.25, 0.3) is 5.91 Å². The van der Waals surface area contributed by atoms with Gasteiger partial charge < -0.3 is 4.74 Å². The van der Waals surface area contributed by atoms with Gasteiger partial charge in [0.15, 0.2) is 11.6 Å². The normalized spacial score (nSPS) is 11.7. The van der Waals surface area contributed by atoms with E-state index >= 15 is 0 Å². The van der Waals surface area contributed by atoms with Crippen molar-refractivity contribution in [1.82, 2.24) is 5.48 Å². The maximum Gasteiger partial charge on any atom is 0.255 e. The lowest BCUT2D eigenvalue weighted by molar-refractivity contribution is -0.129. The van der Waals surface area contributed by atoms with Crippen molar-refractivity contribution in [2.75, 3.05) is 7.11 Å². The summed E-state index contributed by atoms with van der Waals surface area (Å²) in [5, 5.41) is 9.15. The van der Waals surface area contributed by atoms with E-state index in [9.17, 15) is 9.18 Å². The first-order valence-electron chi connectivity index (χ1n) is 8.07. The zero-order valence-corrected chi connectivity index (χ0v) is 14.1. The molecule has 0 aromatic heterocycles. The molecule has 0 heterocycles. The predicted molar refractivity (Wildman–Crippen MR) is 96.6 cm³/mol. The minimum Gasteiger partial charge on any atom is -0.494 e. The fraction of sp³-hybridized carbons (Fsp3) is 0.0952.